The molecule has 0 radical (unpaired) electrons. The van der Waals surface area contributed by atoms with Crippen LogP contribution in [0.15, 0.2) is 35.2 Å². The summed E-state index contributed by atoms with van der Waals surface area (Å²) in [6, 6.07) is 7.38. The Morgan fingerprint density at radius 1 is 1.27 bits per heavy atom. The molecule has 2 rings (SSSR count). The zero-order valence-electron chi connectivity index (χ0n) is 13.9. The molecule has 2 aromatic carbocycles. The summed E-state index contributed by atoms with van der Waals surface area (Å²) in [6.45, 7) is 0.174. The number of hydrogen-bond acceptors (Lipinski definition) is 6. The van der Waals surface area contributed by atoms with Gasteiger partial charge in [-0.1, -0.05) is 23.7 Å². The van der Waals surface area contributed by atoms with Crippen molar-refractivity contribution in [2.75, 3.05) is 19.5 Å². The van der Waals surface area contributed by atoms with Gasteiger partial charge in [0, 0.05) is 12.1 Å². The maximum Gasteiger partial charge on any atom is 0.335 e. The molecule has 4 N–H and O–H groups in total. The maximum absolute atomic E-state index is 11.7. The molecule has 2 aromatic rings. The topological polar surface area (TPSA) is 128 Å². The Kier molecular flexibility index (Phi) is 5.96. The lowest BCUT2D eigenvalue weighted by Crippen LogP contribution is -2.15. The molecule has 0 bridgehead atoms. The zero-order valence-corrected chi connectivity index (χ0v) is 15.5. The van der Waals surface area contributed by atoms with E-state index in [4.69, 9.17) is 26.2 Å². The van der Waals surface area contributed by atoms with Crippen molar-refractivity contribution in [3.05, 3.63) is 46.5 Å². The fourth-order valence-corrected chi connectivity index (χ4v) is 3.49. The lowest BCUT2D eigenvalue weighted by Gasteiger charge is -2.15. The fraction of sp³-hybridized carbons (Fsp3) is 0.188. The molecular formula is C16H17ClN2O6S. The molecule has 0 aliphatic heterocycles. The van der Waals surface area contributed by atoms with Crippen LogP contribution in [0.4, 0.5) is 5.69 Å². The molecule has 140 valence electrons. The van der Waals surface area contributed by atoms with Crippen LogP contribution >= 0.6 is 11.6 Å². The van der Waals surface area contributed by atoms with Crippen LogP contribution in [0.25, 0.3) is 0 Å². The number of benzene rings is 2. The summed E-state index contributed by atoms with van der Waals surface area (Å²) in [5, 5.41) is 17.0. The fourth-order valence-electron chi connectivity index (χ4n) is 2.34. The van der Waals surface area contributed by atoms with Crippen molar-refractivity contribution < 1.29 is 27.8 Å². The van der Waals surface area contributed by atoms with E-state index < -0.39 is 20.9 Å². The number of rotatable bonds is 7. The summed E-state index contributed by atoms with van der Waals surface area (Å²) in [7, 11) is -1.21. The molecule has 0 aliphatic carbocycles. The quantitative estimate of drug-likeness (QED) is 0.650. The molecule has 8 nitrogen and oxygen atoms in total. The Morgan fingerprint density at radius 3 is 2.50 bits per heavy atom. The normalized spacial score (nSPS) is 11.1. The number of anilines is 1. The molecule has 0 unspecified atom stereocenters. The molecule has 0 atom stereocenters. The highest BCUT2D eigenvalue weighted by Crippen LogP contribution is 2.34. The summed E-state index contributed by atoms with van der Waals surface area (Å²) in [4.78, 5) is 10.8. The van der Waals surface area contributed by atoms with Gasteiger partial charge in [0.1, 0.15) is 4.90 Å². The molecule has 0 saturated carbocycles. The monoisotopic (exact) mass is 400 g/mol. The smallest absolute Gasteiger partial charge is 0.335 e. The van der Waals surface area contributed by atoms with Crippen molar-refractivity contribution in [1.29, 1.82) is 0 Å². The standard InChI is InChI=1S/C16H17ClN2O6S/c1-24-12-5-3-4-9(15(12)25-2)8-19-11-6-10(16(20)21)7-13(14(11)17)26(18,22)23/h3-7,19H,8H2,1-2H3,(H,20,21)(H2,18,22,23). The predicted molar refractivity (Wildman–Crippen MR) is 96.7 cm³/mol. The lowest BCUT2D eigenvalue weighted by atomic mass is 10.1. The van der Waals surface area contributed by atoms with E-state index in [0.29, 0.717) is 17.1 Å². The number of carbonyl (C=O) groups is 1. The van der Waals surface area contributed by atoms with E-state index in [2.05, 4.69) is 5.32 Å². The first-order valence-corrected chi connectivity index (χ1v) is 9.14. The molecular weight excluding hydrogens is 384 g/mol. The summed E-state index contributed by atoms with van der Waals surface area (Å²) in [5.41, 5.74) is 0.541. The van der Waals surface area contributed by atoms with Crippen molar-refractivity contribution in [2.45, 2.75) is 11.4 Å². The van der Waals surface area contributed by atoms with E-state index in [1.165, 1.54) is 20.3 Å². The van der Waals surface area contributed by atoms with Gasteiger partial charge in [-0.15, -0.1) is 0 Å². The third kappa shape index (κ3) is 4.18. The number of primary sulfonamides is 1. The van der Waals surface area contributed by atoms with Gasteiger partial charge in [-0.2, -0.15) is 0 Å². The van der Waals surface area contributed by atoms with Crippen molar-refractivity contribution >= 4 is 33.3 Å². The summed E-state index contributed by atoms with van der Waals surface area (Å²) in [5.74, 6) is -0.310. The number of para-hydroxylation sites is 1. The van der Waals surface area contributed by atoms with Gasteiger partial charge in [0.05, 0.1) is 30.5 Å². The molecule has 26 heavy (non-hydrogen) atoms. The van der Waals surface area contributed by atoms with Crippen LogP contribution in [0.3, 0.4) is 0 Å². The van der Waals surface area contributed by atoms with Crippen LogP contribution in [-0.2, 0) is 16.6 Å². The van der Waals surface area contributed by atoms with Crippen LogP contribution in [0, 0.1) is 0 Å². The number of sulfonamides is 1. The molecule has 0 spiro atoms. The van der Waals surface area contributed by atoms with Crippen LogP contribution in [0.2, 0.25) is 5.02 Å². The number of aromatic carboxylic acids is 1. The number of carboxylic acids is 1. The second-order valence-corrected chi connectivity index (χ2v) is 7.10. The van der Waals surface area contributed by atoms with Crippen molar-refractivity contribution in [1.82, 2.24) is 0 Å². The Hall–Kier alpha value is -2.49. The van der Waals surface area contributed by atoms with E-state index in [1.54, 1.807) is 18.2 Å². The Balaban J connectivity index is 2.45. The van der Waals surface area contributed by atoms with Gasteiger partial charge in [0.15, 0.2) is 11.5 Å². The third-order valence-corrected chi connectivity index (χ3v) is 5.00. The molecule has 0 saturated heterocycles. The first kappa shape index (κ1) is 19.8. The SMILES string of the molecule is COc1cccc(CNc2cc(C(=O)O)cc(S(N)(=O)=O)c2Cl)c1OC. The number of ether oxygens (including phenoxy) is 2. The van der Waals surface area contributed by atoms with Gasteiger partial charge >= 0.3 is 5.97 Å². The van der Waals surface area contributed by atoms with Gasteiger partial charge in [-0.25, -0.2) is 18.4 Å². The average molecular weight is 401 g/mol. The van der Waals surface area contributed by atoms with E-state index in [0.717, 1.165) is 6.07 Å². The van der Waals surface area contributed by atoms with Crippen molar-refractivity contribution in [3.8, 4) is 11.5 Å². The molecule has 10 heteroatoms. The molecule has 0 fully saturated rings. The second kappa shape index (κ2) is 7.81. The predicted octanol–water partition coefficient (Wildman–Crippen LogP) is 2.31. The zero-order chi connectivity index (χ0) is 19.5. The largest absolute Gasteiger partial charge is 0.493 e. The third-order valence-electron chi connectivity index (χ3n) is 3.55. The molecule has 0 aliphatic rings. The van der Waals surface area contributed by atoms with Crippen LogP contribution in [0.1, 0.15) is 15.9 Å². The highest BCUT2D eigenvalue weighted by molar-refractivity contribution is 7.89. The Bertz CT molecular complexity index is 946. The number of nitrogens with two attached hydrogens (primary N) is 1. The molecule has 0 heterocycles. The maximum atomic E-state index is 11.7. The second-order valence-electron chi connectivity index (χ2n) is 5.19. The molecule has 0 amide bonds. The van der Waals surface area contributed by atoms with Gasteiger partial charge in [-0.3, -0.25) is 0 Å². The van der Waals surface area contributed by atoms with Crippen molar-refractivity contribution in [2.24, 2.45) is 5.14 Å². The van der Waals surface area contributed by atoms with Crippen LogP contribution in [-0.4, -0.2) is 33.7 Å². The molecule has 0 aromatic heterocycles. The van der Waals surface area contributed by atoms with Crippen LogP contribution in [0.5, 0.6) is 11.5 Å². The van der Waals surface area contributed by atoms with Gasteiger partial charge < -0.3 is 19.9 Å². The number of hydrogen-bond donors (Lipinski definition) is 3. The lowest BCUT2D eigenvalue weighted by molar-refractivity contribution is 0.0696. The van der Waals surface area contributed by atoms with Crippen molar-refractivity contribution in [3.63, 3.8) is 0 Å². The van der Waals surface area contributed by atoms with Gasteiger partial charge in [0.25, 0.3) is 0 Å². The number of nitrogens with one attached hydrogen (secondary N) is 1. The minimum Gasteiger partial charge on any atom is -0.493 e. The summed E-state index contributed by atoms with van der Waals surface area (Å²) < 4.78 is 33.9. The van der Waals surface area contributed by atoms with Gasteiger partial charge in [0.2, 0.25) is 10.0 Å². The Morgan fingerprint density at radius 2 is 1.96 bits per heavy atom. The number of halogens is 1. The highest BCUT2D eigenvalue weighted by Gasteiger charge is 2.20. The van der Waals surface area contributed by atoms with E-state index in [1.807, 2.05) is 0 Å². The summed E-state index contributed by atoms with van der Waals surface area (Å²) in [6.07, 6.45) is 0. The van der Waals surface area contributed by atoms with E-state index in [-0.39, 0.29) is 22.8 Å². The minimum absolute atomic E-state index is 0.112. The Labute approximate surface area is 155 Å². The number of methoxy groups -OCH3 is 2. The van der Waals surface area contributed by atoms with E-state index >= 15 is 0 Å². The summed E-state index contributed by atoms with van der Waals surface area (Å²) >= 11 is 6.10. The van der Waals surface area contributed by atoms with Crippen LogP contribution < -0.4 is 19.9 Å². The first-order valence-electron chi connectivity index (χ1n) is 7.22. The minimum atomic E-state index is -4.20. The number of carboxylic acid groups (broad SMARTS) is 1. The average Bonchev–Trinajstić information content (AvgIpc) is 2.58. The highest BCUT2D eigenvalue weighted by atomic mass is 35.5. The van der Waals surface area contributed by atoms with E-state index in [9.17, 15) is 18.3 Å². The first-order chi connectivity index (χ1) is 12.2. The van der Waals surface area contributed by atoms with Gasteiger partial charge in [-0.05, 0) is 18.2 Å².